The molecule has 0 fully saturated rings. The number of nitrogens with one attached hydrogen (secondary N) is 2. The maximum Gasteiger partial charge on any atom is 0.234 e. The van der Waals surface area contributed by atoms with E-state index < -0.39 is 0 Å². The largest absolute Gasteiger partial charge is 0.383 e. The Morgan fingerprint density at radius 3 is 3.10 bits per heavy atom. The summed E-state index contributed by atoms with van der Waals surface area (Å²) in [5, 5.41) is 5.97. The van der Waals surface area contributed by atoms with Crippen molar-refractivity contribution in [3.63, 3.8) is 0 Å². The van der Waals surface area contributed by atoms with Crippen LogP contribution in [0.2, 0.25) is 0 Å². The van der Waals surface area contributed by atoms with Gasteiger partial charge in [-0.05, 0) is 30.0 Å². The van der Waals surface area contributed by atoms with E-state index in [1.54, 1.807) is 7.11 Å². The van der Waals surface area contributed by atoms with Gasteiger partial charge in [-0.15, -0.1) is 0 Å². The molecular weight excluding hydrogens is 266 g/mol. The highest BCUT2D eigenvalue weighted by Crippen LogP contribution is 2.26. The molecule has 0 aliphatic carbocycles. The zero-order valence-corrected chi connectivity index (χ0v) is 12.9. The first-order valence-electron chi connectivity index (χ1n) is 7.50. The molecule has 2 N–H and O–H groups in total. The minimum atomic E-state index is 0.00439. The van der Waals surface area contributed by atoms with Crippen molar-refractivity contribution in [1.82, 2.24) is 10.6 Å². The summed E-state index contributed by atoms with van der Waals surface area (Å²) >= 11 is 0. The fourth-order valence-electron chi connectivity index (χ4n) is 2.62. The van der Waals surface area contributed by atoms with Crippen molar-refractivity contribution in [2.75, 3.05) is 45.3 Å². The van der Waals surface area contributed by atoms with E-state index in [-0.39, 0.29) is 5.91 Å². The maximum atomic E-state index is 11.5. The van der Waals surface area contributed by atoms with Crippen LogP contribution < -0.4 is 15.5 Å². The number of fused-ring (bicyclic) bond motifs is 1. The van der Waals surface area contributed by atoms with Gasteiger partial charge in [-0.1, -0.05) is 12.1 Å². The summed E-state index contributed by atoms with van der Waals surface area (Å²) in [5.41, 5.74) is 3.98. The zero-order valence-electron chi connectivity index (χ0n) is 12.9. The van der Waals surface area contributed by atoms with Crippen LogP contribution in [-0.2, 0) is 22.5 Å². The molecule has 0 atom stereocenters. The minimum absolute atomic E-state index is 0.00439. The highest BCUT2D eigenvalue weighted by atomic mass is 16.5. The molecule has 5 heteroatoms. The van der Waals surface area contributed by atoms with E-state index in [0.29, 0.717) is 26.2 Å². The van der Waals surface area contributed by atoms with Crippen molar-refractivity contribution in [3.05, 3.63) is 29.3 Å². The summed E-state index contributed by atoms with van der Waals surface area (Å²) in [6.07, 6.45) is 2.35. The van der Waals surface area contributed by atoms with Gasteiger partial charge in [0.1, 0.15) is 0 Å². The van der Waals surface area contributed by atoms with Crippen LogP contribution in [0.25, 0.3) is 0 Å². The van der Waals surface area contributed by atoms with Gasteiger partial charge < -0.3 is 20.3 Å². The number of carbonyl (C=O) groups is 1. The lowest BCUT2D eigenvalue weighted by atomic mass is 9.99. The lowest BCUT2D eigenvalue weighted by molar-refractivity contribution is -0.120. The summed E-state index contributed by atoms with van der Waals surface area (Å²) in [4.78, 5) is 13.9. The van der Waals surface area contributed by atoms with Crippen LogP contribution in [0.15, 0.2) is 18.2 Å². The van der Waals surface area contributed by atoms with Gasteiger partial charge in [-0.2, -0.15) is 0 Å². The molecule has 0 radical (unpaired) electrons. The predicted octanol–water partition coefficient (Wildman–Crippen LogP) is 0.921. The first-order valence-corrected chi connectivity index (χ1v) is 7.50. The highest BCUT2D eigenvalue weighted by molar-refractivity contribution is 5.77. The minimum Gasteiger partial charge on any atom is -0.383 e. The summed E-state index contributed by atoms with van der Waals surface area (Å²) in [6, 6.07) is 6.57. The van der Waals surface area contributed by atoms with E-state index in [1.807, 2.05) is 0 Å². The second-order valence-corrected chi connectivity index (χ2v) is 5.43. The smallest absolute Gasteiger partial charge is 0.234 e. The number of hydrogen-bond acceptors (Lipinski definition) is 4. The normalized spacial score (nSPS) is 13.9. The second-order valence-electron chi connectivity index (χ2n) is 5.43. The Bertz CT molecular complexity index is 477. The number of carbonyl (C=O) groups excluding carboxylic acids is 1. The Morgan fingerprint density at radius 1 is 1.43 bits per heavy atom. The maximum absolute atomic E-state index is 11.5. The lowest BCUT2D eigenvalue weighted by Crippen LogP contribution is -2.35. The number of methoxy groups -OCH3 is 1. The number of benzene rings is 1. The second kappa shape index (κ2) is 8.00. The lowest BCUT2D eigenvalue weighted by Gasteiger charge is -2.27. The monoisotopic (exact) mass is 291 g/mol. The molecular formula is C16H25N3O2. The molecule has 1 aliphatic heterocycles. The zero-order chi connectivity index (χ0) is 15.1. The van der Waals surface area contributed by atoms with Crippen LogP contribution in [0.3, 0.4) is 0 Å². The number of aryl methyl sites for hydroxylation is 1. The molecule has 1 aliphatic rings. The highest BCUT2D eigenvalue weighted by Gasteiger charge is 2.13. The van der Waals surface area contributed by atoms with Crippen LogP contribution in [0.4, 0.5) is 5.69 Å². The molecule has 116 valence electrons. The first-order chi connectivity index (χ1) is 10.2. The molecule has 21 heavy (non-hydrogen) atoms. The Kier molecular flexibility index (Phi) is 6.02. The quantitative estimate of drug-likeness (QED) is 0.734. The summed E-state index contributed by atoms with van der Waals surface area (Å²) in [7, 11) is 3.76. The van der Waals surface area contributed by atoms with Crippen molar-refractivity contribution in [1.29, 1.82) is 0 Å². The Hall–Kier alpha value is -1.59. The molecule has 0 bridgehead atoms. The van der Waals surface area contributed by atoms with Gasteiger partial charge in [0.2, 0.25) is 5.91 Å². The Morgan fingerprint density at radius 2 is 2.29 bits per heavy atom. The van der Waals surface area contributed by atoms with E-state index in [0.717, 1.165) is 13.0 Å². The molecule has 0 saturated heterocycles. The van der Waals surface area contributed by atoms with Gasteiger partial charge in [-0.25, -0.2) is 0 Å². The SMILES string of the molecule is COCCNC(=O)CNCc1ccc2c(c1)CCCN2C. The van der Waals surface area contributed by atoms with Crippen molar-refractivity contribution in [2.45, 2.75) is 19.4 Å². The number of hydrogen-bond donors (Lipinski definition) is 2. The number of anilines is 1. The standard InChI is InChI=1S/C16H25N3O2/c1-19-8-3-4-14-10-13(5-6-15(14)19)11-17-12-16(20)18-7-9-21-2/h5-6,10,17H,3-4,7-9,11-12H2,1-2H3,(H,18,20). The van der Waals surface area contributed by atoms with E-state index in [9.17, 15) is 4.79 Å². The average molecular weight is 291 g/mol. The van der Waals surface area contributed by atoms with Gasteiger partial charge in [0.25, 0.3) is 0 Å². The van der Waals surface area contributed by atoms with Crippen LogP contribution in [0.5, 0.6) is 0 Å². The van der Waals surface area contributed by atoms with Crippen LogP contribution in [0.1, 0.15) is 17.5 Å². The number of rotatable bonds is 7. The van der Waals surface area contributed by atoms with Gasteiger partial charge in [0.05, 0.1) is 13.2 Å². The fraction of sp³-hybridized carbons (Fsp3) is 0.562. The predicted molar refractivity (Wildman–Crippen MR) is 84.6 cm³/mol. The van der Waals surface area contributed by atoms with Gasteiger partial charge in [-0.3, -0.25) is 4.79 Å². The number of nitrogens with zero attached hydrogens (tertiary/aromatic N) is 1. The molecule has 1 heterocycles. The Labute approximate surface area is 126 Å². The van der Waals surface area contributed by atoms with E-state index in [2.05, 4.69) is 40.8 Å². The van der Waals surface area contributed by atoms with Crippen molar-refractivity contribution in [2.24, 2.45) is 0 Å². The summed E-state index contributed by atoms with van der Waals surface area (Å²) < 4.78 is 4.89. The van der Waals surface area contributed by atoms with Gasteiger partial charge in [0.15, 0.2) is 0 Å². The molecule has 0 saturated carbocycles. The van der Waals surface area contributed by atoms with Gasteiger partial charge in [0, 0.05) is 39.5 Å². The van der Waals surface area contributed by atoms with Crippen molar-refractivity contribution in [3.8, 4) is 0 Å². The molecule has 1 amide bonds. The van der Waals surface area contributed by atoms with Crippen molar-refractivity contribution >= 4 is 11.6 Å². The van der Waals surface area contributed by atoms with E-state index >= 15 is 0 Å². The third-order valence-corrected chi connectivity index (χ3v) is 3.74. The molecule has 0 spiro atoms. The molecule has 1 aromatic carbocycles. The number of amides is 1. The van der Waals surface area contributed by atoms with Crippen LogP contribution in [0, 0.1) is 0 Å². The topological polar surface area (TPSA) is 53.6 Å². The van der Waals surface area contributed by atoms with Crippen LogP contribution in [-0.4, -0.2) is 46.3 Å². The van der Waals surface area contributed by atoms with Crippen LogP contribution >= 0.6 is 0 Å². The molecule has 1 aromatic rings. The van der Waals surface area contributed by atoms with E-state index in [1.165, 1.54) is 23.2 Å². The van der Waals surface area contributed by atoms with E-state index in [4.69, 9.17) is 4.74 Å². The fourth-order valence-corrected chi connectivity index (χ4v) is 2.62. The van der Waals surface area contributed by atoms with Gasteiger partial charge >= 0.3 is 0 Å². The summed E-state index contributed by atoms with van der Waals surface area (Å²) in [5.74, 6) is 0.00439. The Balaban J connectivity index is 1.77. The third-order valence-electron chi connectivity index (χ3n) is 3.74. The molecule has 0 unspecified atom stereocenters. The molecule has 2 rings (SSSR count). The third kappa shape index (κ3) is 4.72. The molecule has 0 aromatic heterocycles. The average Bonchev–Trinajstić information content (AvgIpc) is 2.48. The molecule has 5 nitrogen and oxygen atoms in total. The number of ether oxygens (including phenoxy) is 1. The summed E-state index contributed by atoms with van der Waals surface area (Å²) in [6.45, 7) is 3.29. The first kappa shape index (κ1) is 15.8. The van der Waals surface area contributed by atoms with Crippen molar-refractivity contribution < 1.29 is 9.53 Å².